The first kappa shape index (κ1) is 19.9. The van der Waals surface area contributed by atoms with Gasteiger partial charge in [-0.15, -0.1) is 0 Å². The van der Waals surface area contributed by atoms with Crippen molar-refractivity contribution in [2.45, 2.75) is 32.4 Å². The highest BCUT2D eigenvalue weighted by Gasteiger charge is 2.23. The second kappa shape index (κ2) is 8.95. The minimum atomic E-state index is 0.0446. The molecule has 30 heavy (non-hydrogen) atoms. The van der Waals surface area contributed by atoms with Gasteiger partial charge >= 0.3 is 0 Å². The number of fused-ring (bicyclic) bond motifs is 1. The average Bonchev–Trinajstić information content (AvgIpc) is 3.12. The predicted molar refractivity (Wildman–Crippen MR) is 121 cm³/mol. The van der Waals surface area contributed by atoms with Gasteiger partial charge < -0.3 is 9.47 Å². The molecule has 1 amide bonds. The fraction of sp³-hybridized carbons (Fsp3) is 0.231. The summed E-state index contributed by atoms with van der Waals surface area (Å²) in [6.07, 6.45) is 5.20. The van der Waals surface area contributed by atoms with E-state index >= 15 is 0 Å². The summed E-state index contributed by atoms with van der Waals surface area (Å²) in [7, 11) is 2.07. The summed E-state index contributed by atoms with van der Waals surface area (Å²) >= 11 is 0. The number of benzene rings is 2. The minimum absolute atomic E-state index is 0.0446. The van der Waals surface area contributed by atoms with E-state index in [-0.39, 0.29) is 11.9 Å². The van der Waals surface area contributed by atoms with E-state index in [9.17, 15) is 4.79 Å². The van der Waals surface area contributed by atoms with Crippen LogP contribution in [0.3, 0.4) is 0 Å². The van der Waals surface area contributed by atoms with E-state index in [1.807, 2.05) is 11.0 Å². The Labute approximate surface area is 177 Å². The van der Waals surface area contributed by atoms with Crippen LogP contribution < -0.4 is 0 Å². The lowest BCUT2D eigenvalue weighted by Crippen LogP contribution is -2.39. The van der Waals surface area contributed by atoms with Gasteiger partial charge in [-0.2, -0.15) is 0 Å². The highest BCUT2D eigenvalue weighted by molar-refractivity contribution is 5.94. The quantitative estimate of drug-likeness (QED) is 0.428. The van der Waals surface area contributed by atoms with Gasteiger partial charge in [-0.05, 0) is 55.0 Å². The molecule has 4 rings (SSSR count). The van der Waals surface area contributed by atoms with Crippen LogP contribution in [-0.4, -0.2) is 26.4 Å². The Balaban J connectivity index is 1.60. The van der Waals surface area contributed by atoms with Gasteiger partial charge in [0, 0.05) is 42.3 Å². The van der Waals surface area contributed by atoms with Crippen LogP contribution in [0.4, 0.5) is 0 Å². The van der Waals surface area contributed by atoms with Crippen molar-refractivity contribution in [1.29, 1.82) is 0 Å². The lowest BCUT2D eigenvalue weighted by Gasteiger charge is -2.30. The molecule has 2 heterocycles. The Hall–Kier alpha value is -3.40. The average molecular weight is 398 g/mol. The van der Waals surface area contributed by atoms with Gasteiger partial charge in [-0.1, -0.05) is 48.5 Å². The Kier molecular flexibility index (Phi) is 5.94. The van der Waals surface area contributed by atoms with Crippen LogP contribution in [0, 0.1) is 0 Å². The van der Waals surface area contributed by atoms with Crippen LogP contribution in [0.1, 0.15) is 35.0 Å². The van der Waals surface area contributed by atoms with Gasteiger partial charge in [0.2, 0.25) is 0 Å². The molecule has 152 valence electrons. The van der Waals surface area contributed by atoms with Crippen molar-refractivity contribution >= 4 is 16.8 Å². The molecule has 0 bridgehead atoms. The van der Waals surface area contributed by atoms with E-state index in [0.29, 0.717) is 12.1 Å². The summed E-state index contributed by atoms with van der Waals surface area (Å²) in [5.41, 5.74) is 4.28. The van der Waals surface area contributed by atoms with E-state index in [1.165, 1.54) is 16.5 Å². The second-order valence-corrected chi connectivity index (χ2v) is 7.80. The Morgan fingerprint density at radius 3 is 2.43 bits per heavy atom. The predicted octanol–water partition coefficient (Wildman–Crippen LogP) is 5.24. The highest BCUT2D eigenvalue weighted by Crippen LogP contribution is 2.22. The molecule has 2 aromatic carbocycles. The molecular formula is C26H27N3O. The molecule has 0 fully saturated rings. The highest BCUT2D eigenvalue weighted by atomic mass is 16.2. The Morgan fingerprint density at radius 1 is 1.00 bits per heavy atom. The van der Waals surface area contributed by atoms with Crippen LogP contribution >= 0.6 is 0 Å². The largest absolute Gasteiger partial charge is 0.346 e. The molecule has 0 saturated heterocycles. The summed E-state index contributed by atoms with van der Waals surface area (Å²) < 4.78 is 2.19. The molecule has 4 aromatic rings. The summed E-state index contributed by atoms with van der Waals surface area (Å²) in [6, 6.07) is 24.7. The van der Waals surface area contributed by atoms with E-state index in [4.69, 9.17) is 0 Å². The number of carbonyl (C=O) groups excluding carboxylic acids is 1. The van der Waals surface area contributed by atoms with Crippen molar-refractivity contribution in [3.8, 4) is 0 Å². The van der Waals surface area contributed by atoms with Gasteiger partial charge in [-0.3, -0.25) is 9.78 Å². The SMILES string of the molecule is C[C@H](CCc1ccccc1)N(Cc1cc2ccccc2n1C)C(=O)c1ccncc1. The van der Waals surface area contributed by atoms with Gasteiger partial charge in [0.1, 0.15) is 0 Å². The van der Waals surface area contributed by atoms with E-state index in [2.05, 4.69) is 78.1 Å². The molecule has 4 nitrogen and oxygen atoms in total. The van der Waals surface area contributed by atoms with Crippen molar-refractivity contribution in [1.82, 2.24) is 14.5 Å². The number of pyridine rings is 1. The first-order valence-corrected chi connectivity index (χ1v) is 10.4. The first-order chi connectivity index (χ1) is 14.6. The zero-order chi connectivity index (χ0) is 20.9. The molecule has 2 aromatic heterocycles. The van der Waals surface area contributed by atoms with Crippen molar-refractivity contribution in [2.75, 3.05) is 0 Å². The van der Waals surface area contributed by atoms with Gasteiger partial charge in [0.15, 0.2) is 0 Å². The molecule has 1 atom stereocenters. The standard InChI is InChI=1S/C26H27N3O/c1-20(12-13-21-8-4-3-5-9-21)29(26(30)22-14-16-27-17-15-22)19-24-18-23-10-6-7-11-25(23)28(24)2/h3-11,14-18,20H,12-13,19H2,1-2H3/t20-/m1/s1. The molecule has 0 aliphatic heterocycles. The zero-order valence-corrected chi connectivity index (χ0v) is 17.5. The van der Waals surface area contributed by atoms with E-state index in [0.717, 1.165) is 18.5 Å². The summed E-state index contributed by atoms with van der Waals surface area (Å²) in [4.78, 5) is 19.5. The van der Waals surface area contributed by atoms with Gasteiger partial charge in [-0.25, -0.2) is 0 Å². The number of para-hydroxylation sites is 1. The Morgan fingerprint density at radius 2 is 1.70 bits per heavy atom. The van der Waals surface area contributed by atoms with E-state index in [1.54, 1.807) is 24.5 Å². The Bertz CT molecular complexity index is 1120. The maximum absolute atomic E-state index is 13.4. The number of nitrogens with zero attached hydrogens (tertiary/aromatic N) is 3. The third-order valence-electron chi connectivity index (χ3n) is 5.80. The van der Waals surface area contributed by atoms with Gasteiger partial charge in [0.05, 0.1) is 6.54 Å². The van der Waals surface area contributed by atoms with Gasteiger partial charge in [0.25, 0.3) is 5.91 Å². The number of aryl methyl sites for hydroxylation is 2. The maximum atomic E-state index is 13.4. The number of aromatic nitrogens is 2. The zero-order valence-electron chi connectivity index (χ0n) is 17.5. The molecule has 0 N–H and O–H groups in total. The molecule has 0 aliphatic rings. The van der Waals surface area contributed by atoms with Crippen LogP contribution in [0.5, 0.6) is 0 Å². The van der Waals surface area contributed by atoms with Crippen LogP contribution in [0.25, 0.3) is 10.9 Å². The molecular weight excluding hydrogens is 370 g/mol. The lowest BCUT2D eigenvalue weighted by atomic mass is 10.0. The monoisotopic (exact) mass is 397 g/mol. The van der Waals surface area contributed by atoms with E-state index < -0.39 is 0 Å². The summed E-state index contributed by atoms with van der Waals surface area (Å²) in [5.74, 6) is 0.0446. The van der Waals surface area contributed by atoms with Crippen LogP contribution in [0.15, 0.2) is 85.2 Å². The molecule has 4 heteroatoms. The fourth-order valence-corrected chi connectivity index (χ4v) is 3.94. The smallest absolute Gasteiger partial charge is 0.254 e. The number of hydrogen-bond acceptors (Lipinski definition) is 2. The number of amides is 1. The molecule has 0 radical (unpaired) electrons. The van der Waals surface area contributed by atoms with Crippen molar-refractivity contribution in [3.05, 3.63) is 102 Å². The van der Waals surface area contributed by atoms with Crippen molar-refractivity contribution in [2.24, 2.45) is 7.05 Å². The minimum Gasteiger partial charge on any atom is -0.346 e. The number of hydrogen-bond donors (Lipinski definition) is 0. The lowest BCUT2D eigenvalue weighted by molar-refractivity contribution is 0.0663. The number of carbonyl (C=O) groups is 1. The normalized spacial score (nSPS) is 12.1. The maximum Gasteiger partial charge on any atom is 0.254 e. The molecule has 0 unspecified atom stereocenters. The third-order valence-corrected chi connectivity index (χ3v) is 5.80. The molecule has 0 saturated carbocycles. The van der Waals surface area contributed by atoms with Crippen LogP contribution in [0.2, 0.25) is 0 Å². The molecule has 0 spiro atoms. The second-order valence-electron chi connectivity index (χ2n) is 7.80. The summed E-state index contributed by atoms with van der Waals surface area (Å²) in [5, 5.41) is 1.20. The van der Waals surface area contributed by atoms with Crippen LogP contribution in [-0.2, 0) is 20.0 Å². The first-order valence-electron chi connectivity index (χ1n) is 10.4. The third kappa shape index (κ3) is 4.28. The number of rotatable bonds is 7. The fourth-order valence-electron chi connectivity index (χ4n) is 3.94. The topological polar surface area (TPSA) is 38.1 Å². The summed E-state index contributed by atoms with van der Waals surface area (Å²) in [6.45, 7) is 2.72. The van der Waals surface area contributed by atoms with Crippen molar-refractivity contribution in [3.63, 3.8) is 0 Å². The van der Waals surface area contributed by atoms with Crippen molar-refractivity contribution < 1.29 is 4.79 Å². The molecule has 0 aliphatic carbocycles.